The molecule has 448 valence electrons. The van der Waals surface area contributed by atoms with Crippen LogP contribution in [0.5, 0.6) is 0 Å². The van der Waals surface area contributed by atoms with Gasteiger partial charge in [-0.1, -0.05) is 326 Å². The maximum atomic E-state index is 12.8. The smallest absolute Gasteiger partial charge is 0.306 e. The first-order chi connectivity index (χ1) is 38.0. The lowest BCUT2D eigenvalue weighted by Gasteiger charge is -2.18. The summed E-state index contributed by atoms with van der Waals surface area (Å²) < 4.78 is 16.8. The van der Waals surface area contributed by atoms with Gasteiger partial charge in [0.1, 0.15) is 13.2 Å². The normalized spacial score (nSPS) is 12.4. The van der Waals surface area contributed by atoms with Gasteiger partial charge in [0.05, 0.1) is 0 Å². The van der Waals surface area contributed by atoms with Crippen LogP contribution in [0, 0.1) is 0 Å². The highest BCUT2D eigenvalue weighted by atomic mass is 16.6. The molecule has 0 radical (unpaired) electrons. The second kappa shape index (κ2) is 65.6. The Bertz CT molecular complexity index is 1380. The summed E-state index contributed by atoms with van der Waals surface area (Å²) in [6.45, 7) is 6.50. The Morgan fingerprint density at radius 3 is 0.844 bits per heavy atom. The van der Waals surface area contributed by atoms with Crippen molar-refractivity contribution in [3.05, 3.63) is 60.8 Å². The summed E-state index contributed by atoms with van der Waals surface area (Å²) in [6.07, 6.45) is 84.3. The molecule has 6 nitrogen and oxygen atoms in total. The number of carbonyl (C=O) groups excluding carboxylic acids is 3. The first-order valence-corrected chi connectivity index (χ1v) is 33.8. The second-order valence-electron chi connectivity index (χ2n) is 22.7. The molecule has 0 heterocycles. The van der Waals surface area contributed by atoms with Gasteiger partial charge in [-0.2, -0.15) is 0 Å². The van der Waals surface area contributed by atoms with Crippen LogP contribution >= 0.6 is 0 Å². The van der Waals surface area contributed by atoms with E-state index in [4.69, 9.17) is 14.2 Å². The van der Waals surface area contributed by atoms with Crippen LogP contribution in [0.3, 0.4) is 0 Å². The third-order valence-corrected chi connectivity index (χ3v) is 15.0. The first kappa shape index (κ1) is 74.1. The van der Waals surface area contributed by atoms with Gasteiger partial charge in [-0.15, -0.1) is 0 Å². The first-order valence-electron chi connectivity index (χ1n) is 33.8. The molecule has 0 aromatic heterocycles. The maximum absolute atomic E-state index is 12.8. The minimum Gasteiger partial charge on any atom is -0.462 e. The standard InChI is InChI=1S/C71H128O6/c1-4-7-10-13-16-19-22-25-26-27-28-29-30-31-32-33-34-35-36-37-38-39-40-41-42-43-44-47-49-52-55-58-61-64-70(73)76-67-68(77-71(74)65-62-59-56-53-50-46-24-21-18-15-12-9-6-3)66-75-69(72)63-60-57-54-51-48-45-23-20-17-14-11-8-5-2/h9,12,18,21,27-28,46,50,56,59,68H,4-8,10-11,13-17,19-20,22-26,29-45,47-49,51-55,57-58,60-67H2,1-3H3/b12-9-,21-18-,28-27-,50-46-,59-56-. The summed E-state index contributed by atoms with van der Waals surface area (Å²) in [7, 11) is 0. The largest absolute Gasteiger partial charge is 0.462 e. The third-order valence-electron chi connectivity index (χ3n) is 15.0. The lowest BCUT2D eigenvalue weighted by atomic mass is 10.0. The zero-order valence-corrected chi connectivity index (χ0v) is 51.5. The molecule has 0 saturated carbocycles. The van der Waals surface area contributed by atoms with Crippen molar-refractivity contribution >= 4 is 17.9 Å². The average molecular weight is 1080 g/mol. The van der Waals surface area contributed by atoms with Crippen molar-refractivity contribution in [1.29, 1.82) is 0 Å². The molecule has 0 aliphatic heterocycles. The second-order valence-corrected chi connectivity index (χ2v) is 22.7. The molecule has 0 fully saturated rings. The van der Waals surface area contributed by atoms with Gasteiger partial charge < -0.3 is 14.2 Å². The van der Waals surface area contributed by atoms with E-state index in [0.29, 0.717) is 19.3 Å². The lowest BCUT2D eigenvalue weighted by molar-refractivity contribution is -0.166. The summed E-state index contributed by atoms with van der Waals surface area (Å²) >= 11 is 0. The van der Waals surface area contributed by atoms with Gasteiger partial charge in [-0.25, -0.2) is 0 Å². The molecular weight excluding hydrogens is 949 g/mol. The number of allylic oxidation sites excluding steroid dienone is 10. The van der Waals surface area contributed by atoms with Crippen LogP contribution in [0.15, 0.2) is 60.8 Å². The maximum Gasteiger partial charge on any atom is 0.306 e. The van der Waals surface area contributed by atoms with Crippen molar-refractivity contribution in [2.24, 2.45) is 0 Å². The summed E-state index contributed by atoms with van der Waals surface area (Å²) in [4.78, 5) is 38.2. The topological polar surface area (TPSA) is 78.9 Å². The van der Waals surface area contributed by atoms with Crippen molar-refractivity contribution in [3.63, 3.8) is 0 Å². The predicted molar refractivity (Wildman–Crippen MR) is 335 cm³/mol. The quantitative estimate of drug-likeness (QED) is 0.0261. The van der Waals surface area contributed by atoms with Gasteiger partial charge in [0.15, 0.2) is 6.10 Å². The van der Waals surface area contributed by atoms with E-state index < -0.39 is 6.10 Å². The predicted octanol–water partition coefficient (Wildman–Crippen LogP) is 23.1. The number of unbranched alkanes of at least 4 members (excludes halogenated alkanes) is 41. The van der Waals surface area contributed by atoms with Gasteiger partial charge in [-0.3, -0.25) is 14.4 Å². The van der Waals surface area contributed by atoms with Crippen LogP contribution in [-0.4, -0.2) is 37.2 Å². The molecule has 0 rings (SSSR count). The highest BCUT2D eigenvalue weighted by Crippen LogP contribution is 2.18. The fourth-order valence-corrected chi connectivity index (χ4v) is 9.99. The van der Waals surface area contributed by atoms with Crippen LogP contribution in [0.25, 0.3) is 0 Å². The fourth-order valence-electron chi connectivity index (χ4n) is 9.99. The third kappa shape index (κ3) is 63.8. The molecule has 0 aliphatic carbocycles. The Morgan fingerprint density at radius 1 is 0.273 bits per heavy atom. The molecule has 0 N–H and O–H groups in total. The summed E-state index contributed by atoms with van der Waals surface area (Å²) in [5.41, 5.74) is 0. The van der Waals surface area contributed by atoms with Crippen molar-refractivity contribution in [2.45, 2.75) is 361 Å². The van der Waals surface area contributed by atoms with Gasteiger partial charge in [-0.05, 0) is 70.6 Å². The van der Waals surface area contributed by atoms with Crippen LogP contribution in [0.1, 0.15) is 355 Å². The number of esters is 3. The monoisotopic (exact) mass is 1080 g/mol. The van der Waals surface area contributed by atoms with Crippen molar-refractivity contribution in [3.8, 4) is 0 Å². The van der Waals surface area contributed by atoms with Crippen molar-refractivity contribution in [2.75, 3.05) is 13.2 Å². The van der Waals surface area contributed by atoms with Gasteiger partial charge in [0.25, 0.3) is 0 Å². The minimum atomic E-state index is -0.809. The molecule has 0 amide bonds. The van der Waals surface area contributed by atoms with Crippen LogP contribution in [-0.2, 0) is 28.6 Å². The van der Waals surface area contributed by atoms with Crippen LogP contribution < -0.4 is 0 Å². The molecule has 6 heteroatoms. The van der Waals surface area contributed by atoms with E-state index in [1.807, 2.05) is 6.08 Å². The van der Waals surface area contributed by atoms with E-state index in [9.17, 15) is 14.4 Å². The number of rotatable bonds is 62. The number of carbonyl (C=O) groups is 3. The Hall–Kier alpha value is -2.89. The Labute approximate surface area is 479 Å². The molecule has 0 aliphatic rings. The summed E-state index contributed by atoms with van der Waals surface area (Å²) in [5, 5.41) is 0. The van der Waals surface area contributed by atoms with E-state index >= 15 is 0 Å². The van der Waals surface area contributed by atoms with E-state index in [0.717, 1.165) is 64.2 Å². The zero-order valence-electron chi connectivity index (χ0n) is 51.5. The van der Waals surface area contributed by atoms with Crippen molar-refractivity contribution < 1.29 is 28.6 Å². The van der Waals surface area contributed by atoms with Gasteiger partial charge in [0, 0.05) is 19.3 Å². The highest BCUT2D eigenvalue weighted by molar-refractivity contribution is 5.71. The van der Waals surface area contributed by atoms with Crippen LogP contribution in [0.2, 0.25) is 0 Å². The molecule has 77 heavy (non-hydrogen) atoms. The Morgan fingerprint density at radius 2 is 0.532 bits per heavy atom. The molecule has 0 spiro atoms. The Kier molecular flexibility index (Phi) is 63.2. The molecule has 0 aromatic carbocycles. The highest BCUT2D eigenvalue weighted by Gasteiger charge is 2.19. The van der Waals surface area contributed by atoms with Crippen LogP contribution in [0.4, 0.5) is 0 Å². The number of hydrogen-bond acceptors (Lipinski definition) is 6. The number of ether oxygens (including phenoxy) is 3. The van der Waals surface area contributed by atoms with E-state index in [1.54, 1.807) is 0 Å². The van der Waals surface area contributed by atoms with Crippen molar-refractivity contribution in [1.82, 2.24) is 0 Å². The summed E-state index contributed by atoms with van der Waals surface area (Å²) in [6, 6.07) is 0. The lowest BCUT2D eigenvalue weighted by Crippen LogP contribution is -2.30. The summed E-state index contributed by atoms with van der Waals surface area (Å²) in [5.74, 6) is -0.963. The van der Waals surface area contributed by atoms with Gasteiger partial charge >= 0.3 is 17.9 Å². The van der Waals surface area contributed by atoms with E-state index in [1.165, 1.54) is 244 Å². The molecule has 0 bridgehead atoms. The molecule has 0 aromatic rings. The average Bonchev–Trinajstić information content (AvgIpc) is 3.43. The molecule has 1 atom stereocenters. The fraction of sp³-hybridized carbons (Fsp3) is 0.817. The molecular formula is C71H128O6. The van der Waals surface area contributed by atoms with Gasteiger partial charge in [0.2, 0.25) is 0 Å². The zero-order chi connectivity index (χ0) is 55.7. The number of hydrogen-bond donors (Lipinski definition) is 0. The SMILES string of the molecule is CC/C=C\C/C=C\C/C=C\C/C=C\CCC(=O)OC(COC(=O)CCCCCCCCCCCCCCC)COC(=O)CCCCCCCCCCCCCCCCCCCCCCC/C=C\CCCCCCCCCC. The van der Waals surface area contributed by atoms with E-state index in [2.05, 4.69) is 75.5 Å². The minimum absolute atomic E-state index is 0.0983. The Balaban J connectivity index is 4.09. The molecule has 1 unspecified atom stereocenters. The van der Waals surface area contributed by atoms with E-state index in [-0.39, 0.29) is 37.5 Å². The molecule has 0 saturated heterocycles.